The van der Waals surface area contributed by atoms with Crippen molar-refractivity contribution in [2.24, 2.45) is 0 Å². The van der Waals surface area contributed by atoms with E-state index in [2.05, 4.69) is 15.2 Å². The number of hydrogen-bond donors (Lipinski definition) is 2. The van der Waals surface area contributed by atoms with Crippen molar-refractivity contribution in [3.63, 3.8) is 0 Å². The molecule has 0 saturated carbocycles. The predicted octanol–water partition coefficient (Wildman–Crippen LogP) is 4.56. The van der Waals surface area contributed by atoms with Gasteiger partial charge in [-0.05, 0) is 48.5 Å². The van der Waals surface area contributed by atoms with Crippen LogP contribution in [0.4, 0.5) is 0 Å². The predicted molar refractivity (Wildman–Crippen MR) is 105 cm³/mol. The lowest BCUT2D eigenvalue weighted by molar-refractivity contribution is -0.131. The Balaban J connectivity index is 1.75. The summed E-state index contributed by atoms with van der Waals surface area (Å²) in [4.78, 5) is 15.8. The van der Waals surface area contributed by atoms with Crippen LogP contribution < -0.4 is 4.74 Å². The fourth-order valence-electron chi connectivity index (χ4n) is 2.22. The molecule has 0 atom stereocenters. The number of carboxylic acid groups (broad SMARTS) is 1. The van der Waals surface area contributed by atoms with Crippen molar-refractivity contribution in [3.8, 4) is 5.75 Å². The second-order valence-corrected chi connectivity index (χ2v) is 6.99. The highest BCUT2D eigenvalue weighted by Gasteiger charge is 2.13. The number of carboxylic acids is 1. The molecule has 0 amide bonds. The Bertz CT molecular complexity index is 988. The number of thioether (sulfide) groups is 1. The fourth-order valence-corrected chi connectivity index (χ4v) is 3.17. The summed E-state index contributed by atoms with van der Waals surface area (Å²) in [5.74, 6) is 0.189. The summed E-state index contributed by atoms with van der Waals surface area (Å²) in [7, 11) is 0. The molecular weight excluding hydrogens is 386 g/mol. The van der Waals surface area contributed by atoms with Gasteiger partial charge in [0.1, 0.15) is 23.1 Å². The summed E-state index contributed by atoms with van der Waals surface area (Å²) in [5.41, 5.74) is 1.57. The van der Waals surface area contributed by atoms with E-state index in [9.17, 15) is 9.90 Å². The molecule has 2 N–H and O–H groups in total. The van der Waals surface area contributed by atoms with Gasteiger partial charge in [-0.25, -0.2) is 9.78 Å². The van der Waals surface area contributed by atoms with Crippen LogP contribution in [0.5, 0.6) is 5.75 Å². The Morgan fingerprint density at radius 1 is 1.30 bits per heavy atom. The standard InChI is InChI=1S/C19H16ClN3O3S/c1-12-21-19(23-22-12)27-17(18(24)25)10-13-5-4-7-15(9-13)26-11-14-6-2-3-8-16(14)20/h2-10H,11H2,1H3,(H,24,25)(H,21,22,23). The van der Waals surface area contributed by atoms with Gasteiger partial charge in [-0.15, -0.1) is 5.10 Å². The maximum Gasteiger partial charge on any atom is 0.342 e. The first-order valence-corrected chi connectivity index (χ1v) is 9.19. The van der Waals surface area contributed by atoms with Crippen LogP contribution >= 0.6 is 23.4 Å². The largest absolute Gasteiger partial charge is 0.489 e. The minimum atomic E-state index is -1.05. The number of carbonyl (C=O) groups is 1. The van der Waals surface area contributed by atoms with E-state index in [1.165, 1.54) is 0 Å². The molecule has 0 fully saturated rings. The number of aromatic amines is 1. The van der Waals surface area contributed by atoms with Gasteiger partial charge < -0.3 is 9.84 Å². The second-order valence-electron chi connectivity index (χ2n) is 5.57. The Kier molecular flexibility index (Phi) is 6.16. The summed E-state index contributed by atoms with van der Waals surface area (Å²) >= 11 is 7.11. The summed E-state index contributed by atoms with van der Waals surface area (Å²) in [6.45, 7) is 2.07. The molecule has 0 radical (unpaired) electrons. The number of ether oxygens (including phenoxy) is 1. The Hall–Kier alpha value is -2.77. The monoisotopic (exact) mass is 401 g/mol. The van der Waals surface area contributed by atoms with Crippen LogP contribution in [0, 0.1) is 6.92 Å². The number of hydrogen-bond acceptors (Lipinski definition) is 5. The van der Waals surface area contributed by atoms with Crippen molar-refractivity contribution in [2.75, 3.05) is 0 Å². The summed E-state index contributed by atoms with van der Waals surface area (Å²) in [6, 6.07) is 14.6. The highest BCUT2D eigenvalue weighted by Crippen LogP contribution is 2.27. The minimum Gasteiger partial charge on any atom is -0.489 e. The zero-order valence-electron chi connectivity index (χ0n) is 14.3. The lowest BCUT2D eigenvalue weighted by Crippen LogP contribution is -1.98. The number of nitrogens with one attached hydrogen (secondary N) is 1. The topological polar surface area (TPSA) is 88.1 Å². The number of aryl methyl sites for hydroxylation is 1. The number of benzene rings is 2. The van der Waals surface area contributed by atoms with Crippen LogP contribution in [0.1, 0.15) is 17.0 Å². The second kappa shape index (κ2) is 8.75. The van der Waals surface area contributed by atoms with Gasteiger partial charge in [-0.1, -0.05) is 41.9 Å². The molecule has 0 saturated heterocycles. The average Bonchev–Trinajstić information content (AvgIpc) is 3.06. The van der Waals surface area contributed by atoms with E-state index in [4.69, 9.17) is 16.3 Å². The third-order valence-corrected chi connectivity index (χ3v) is 4.74. The normalized spacial score (nSPS) is 11.4. The van der Waals surface area contributed by atoms with Crippen LogP contribution in [-0.4, -0.2) is 26.3 Å². The lowest BCUT2D eigenvalue weighted by atomic mass is 10.2. The van der Waals surface area contributed by atoms with E-state index < -0.39 is 5.97 Å². The lowest BCUT2D eigenvalue weighted by Gasteiger charge is -2.08. The Morgan fingerprint density at radius 3 is 2.81 bits per heavy atom. The zero-order valence-corrected chi connectivity index (χ0v) is 15.9. The number of rotatable bonds is 7. The van der Waals surface area contributed by atoms with Crippen LogP contribution in [0.3, 0.4) is 0 Å². The molecule has 0 bridgehead atoms. The van der Waals surface area contributed by atoms with Crippen LogP contribution in [0.2, 0.25) is 5.02 Å². The van der Waals surface area contributed by atoms with Crippen molar-refractivity contribution in [1.82, 2.24) is 15.2 Å². The Labute approximate surface area is 165 Å². The molecule has 0 aliphatic rings. The van der Waals surface area contributed by atoms with Gasteiger partial charge in [-0.2, -0.15) is 0 Å². The van der Waals surface area contributed by atoms with Gasteiger partial charge in [0, 0.05) is 10.6 Å². The number of nitrogens with zero attached hydrogens (tertiary/aromatic N) is 2. The molecule has 2 aromatic carbocycles. The third kappa shape index (κ3) is 5.35. The first-order valence-electron chi connectivity index (χ1n) is 7.99. The van der Waals surface area contributed by atoms with Gasteiger partial charge in [0.15, 0.2) is 0 Å². The van der Waals surface area contributed by atoms with Crippen molar-refractivity contribution in [2.45, 2.75) is 18.7 Å². The minimum absolute atomic E-state index is 0.109. The molecule has 0 aliphatic heterocycles. The molecule has 1 heterocycles. The number of halogens is 1. The van der Waals surface area contributed by atoms with Gasteiger partial charge in [0.2, 0.25) is 5.16 Å². The van der Waals surface area contributed by atoms with Crippen molar-refractivity contribution in [3.05, 3.63) is 75.4 Å². The number of aliphatic carboxylic acids is 1. The van der Waals surface area contributed by atoms with E-state index in [-0.39, 0.29) is 4.91 Å². The van der Waals surface area contributed by atoms with Crippen molar-refractivity contribution >= 4 is 35.4 Å². The summed E-state index contributed by atoms with van der Waals surface area (Å²) in [6.07, 6.45) is 1.56. The summed E-state index contributed by atoms with van der Waals surface area (Å²) < 4.78 is 5.78. The average molecular weight is 402 g/mol. The molecule has 138 valence electrons. The quantitative estimate of drug-likeness (QED) is 0.445. The Morgan fingerprint density at radius 2 is 2.11 bits per heavy atom. The number of H-pyrrole nitrogens is 1. The van der Waals surface area contributed by atoms with Gasteiger partial charge >= 0.3 is 5.97 Å². The maximum absolute atomic E-state index is 11.5. The van der Waals surface area contributed by atoms with Crippen molar-refractivity contribution < 1.29 is 14.6 Å². The molecule has 8 heteroatoms. The van der Waals surface area contributed by atoms with E-state index in [1.54, 1.807) is 43.3 Å². The SMILES string of the molecule is Cc1nc(SC(=Cc2cccc(OCc3ccccc3Cl)c2)C(=O)O)n[nH]1. The molecule has 27 heavy (non-hydrogen) atoms. The fraction of sp³-hybridized carbons (Fsp3) is 0.105. The van der Waals surface area contributed by atoms with E-state index in [0.717, 1.165) is 17.3 Å². The van der Waals surface area contributed by atoms with E-state index in [1.807, 2.05) is 18.2 Å². The smallest absolute Gasteiger partial charge is 0.342 e. The van der Waals surface area contributed by atoms with E-state index in [0.29, 0.717) is 33.9 Å². The molecule has 0 aliphatic carbocycles. The van der Waals surface area contributed by atoms with Gasteiger partial charge in [0.05, 0.1) is 0 Å². The molecule has 3 aromatic rings. The van der Waals surface area contributed by atoms with Crippen LogP contribution in [0.25, 0.3) is 6.08 Å². The van der Waals surface area contributed by atoms with Gasteiger partial charge in [0.25, 0.3) is 0 Å². The first-order chi connectivity index (χ1) is 13.0. The van der Waals surface area contributed by atoms with Crippen LogP contribution in [-0.2, 0) is 11.4 Å². The zero-order chi connectivity index (χ0) is 19.2. The summed E-state index contributed by atoms with van der Waals surface area (Å²) in [5, 5.41) is 17.1. The molecule has 6 nitrogen and oxygen atoms in total. The molecule has 1 aromatic heterocycles. The highest BCUT2D eigenvalue weighted by molar-refractivity contribution is 8.04. The molecular formula is C19H16ClN3O3S. The molecule has 0 spiro atoms. The third-order valence-electron chi connectivity index (χ3n) is 3.50. The van der Waals surface area contributed by atoms with Crippen molar-refractivity contribution in [1.29, 1.82) is 0 Å². The molecule has 0 unspecified atom stereocenters. The first kappa shape index (κ1) is 19.0. The molecule has 3 rings (SSSR count). The van der Waals surface area contributed by atoms with E-state index >= 15 is 0 Å². The number of aromatic nitrogens is 3. The maximum atomic E-state index is 11.5. The van der Waals surface area contributed by atoms with Gasteiger partial charge in [-0.3, -0.25) is 5.10 Å². The van der Waals surface area contributed by atoms with Crippen LogP contribution in [0.15, 0.2) is 58.6 Å². The highest BCUT2D eigenvalue weighted by atomic mass is 35.5.